The smallest absolute Gasteiger partial charge is 0.216 e. The van der Waals surface area contributed by atoms with Crippen LogP contribution in [0.1, 0.15) is 47.1 Å². The molecule has 0 aliphatic carbocycles. The second kappa shape index (κ2) is 11.2. The van der Waals surface area contributed by atoms with E-state index in [2.05, 4.69) is 33.3 Å². The summed E-state index contributed by atoms with van der Waals surface area (Å²) in [7, 11) is 0. The van der Waals surface area contributed by atoms with Crippen LogP contribution in [0.5, 0.6) is 17.2 Å². The molecule has 2 aromatic carbocycles. The Kier molecular flexibility index (Phi) is 7.67. The lowest BCUT2D eigenvalue weighted by atomic mass is 10.0. The van der Waals surface area contributed by atoms with Gasteiger partial charge in [-0.3, -0.25) is 4.79 Å². The standard InChI is InChI=1S/C25H27N5O4/c1-2-3-4-5-6-7-15-32-18-13-11-17(12-14-18)22(31)19-9-8-10-21-23(19)34-24(20(26)16-33-21)25-27-29-30-28-25/h2,6-14,20,24H,1,3-5,15-16,26H2,(H,27,28,29,30)/b7-6+. The molecule has 2 unspecified atom stereocenters. The van der Waals surface area contributed by atoms with Crippen molar-refractivity contribution in [1.29, 1.82) is 0 Å². The van der Waals surface area contributed by atoms with Crippen molar-refractivity contribution in [2.24, 2.45) is 5.73 Å². The normalized spacial score (nSPS) is 17.3. The van der Waals surface area contributed by atoms with E-state index in [-0.39, 0.29) is 12.4 Å². The number of benzene rings is 2. The van der Waals surface area contributed by atoms with Crippen LogP contribution in [-0.2, 0) is 0 Å². The number of allylic oxidation sites excluding steroid dienone is 2. The van der Waals surface area contributed by atoms with Gasteiger partial charge < -0.3 is 19.9 Å². The van der Waals surface area contributed by atoms with Crippen LogP contribution < -0.4 is 19.9 Å². The van der Waals surface area contributed by atoms with Crippen molar-refractivity contribution in [3.05, 3.63) is 84.2 Å². The largest absolute Gasteiger partial charge is 0.490 e. The van der Waals surface area contributed by atoms with Crippen LogP contribution in [-0.4, -0.2) is 45.7 Å². The van der Waals surface area contributed by atoms with E-state index in [4.69, 9.17) is 19.9 Å². The summed E-state index contributed by atoms with van der Waals surface area (Å²) in [6.07, 6.45) is 8.37. The molecule has 3 aromatic rings. The number of H-pyrrole nitrogens is 1. The number of carbonyl (C=O) groups is 1. The molecule has 0 radical (unpaired) electrons. The first-order valence-electron chi connectivity index (χ1n) is 11.1. The highest BCUT2D eigenvalue weighted by Crippen LogP contribution is 2.38. The number of tetrazole rings is 1. The molecule has 1 aromatic heterocycles. The minimum Gasteiger partial charge on any atom is -0.490 e. The van der Waals surface area contributed by atoms with E-state index in [0.29, 0.717) is 40.8 Å². The van der Waals surface area contributed by atoms with Crippen molar-refractivity contribution in [2.45, 2.75) is 31.4 Å². The van der Waals surface area contributed by atoms with E-state index < -0.39 is 12.1 Å². The topological polar surface area (TPSA) is 125 Å². The van der Waals surface area contributed by atoms with Gasteiger partial charge in [-0.1, -0.05) is 29.5 Å². The molecule has 0 saturated heterocycles. The fraction of sp³-hybridized carbons (Fsp3) is 0.280. The lowest BCUT2D eigenvalue weighted by Crippen LogP contribution is -2.36. The lowest BCUT2D eigenvalue weighted by Gasteiger charge is -2.19. The van der Waals surface area contributed by atoms with Gasteiger partial charge in [-0.05, 0) is 55.7 Å². The molecule has 0 saturated carbocycles. The summed E-state index contributed by atoms with van der Waals surface area (Å²) in [6.45, 7) is 4.36. The maximum atomic E-state index is 13.3. The number of rotatable bonds is 10. The number of aromatic nitrogens is 4. The Labute approximate surface area is 197 Å². The Morgan fingerprint density at radius 3 is 2.82 bits per heavy atom. The highest BCUT2D eigenvalue weighted by atomic mass is 16.5. The lowest BCUT2D eigenvalue weighted by molar-refractivity contribution is 0.102. The van der Waals surface area contributed by atoms with Crippen LogP contribution >= 0.6 is 0 Å². The number of nitrogens with two attached hydrogens (primary N) is 1. The van der Waals surface area contributed by atoms with E-state index in [1.165, 1.54) is 0 Å². The molecule has 9 heteroatoms. The number of hydrogen-bond acceptors (Lipinski definition) is 8. The predicted octanol–water partition coefficient (Wildman–Crippen LogP) is 3.56. The van der Waals surface area contributed by atoms with E-state index in [1.54, 1.807) is 42.5 Å². The van der Waals surface area contributed by atoms with Crippen molar-refractivity contribution in [3.8, 4) is 17.2 Å². The Bertz CT molecular complexity index is 1130. The number of nitrogens with zero attached hydrogens (tertiary/aromatic N) is 3. The molecule has 0 fully saturated rings. The zero-order valence-electron chi connectivity index (χ0n) is 18.7. The minimum absolute atomic E-state index is 0.179. The molecular weight excluding hydrogens is 434 g/mol. The van der Waals surface area contributed by atoms with E-state index in [1.807, 2.05) is 12.2 Å². The number of hydrogen-bond donors (Lipinski definition) is 2. The first kappa shape index (κ1) is 23.2. The highest BCUT2D eigenvalue weighted by Gasteiger charge is 2.33. The van der Waals surface area contributed by atoms with Crippen molar-refractivity contribution in [2.75, 3.05) is 13.2 Å². The van der Waals surface area contributed by atoms with E-state index in [9.17, 15) is 4.79 Å². The van der Waals surface area contributed by atoms with Gasteiger partial charge in [0, 0.05) is 5.56 Å². The van der Waals surface area contributed by atoms with Crippen molar-refractivity contribution < 1.29 is 19.0 Å². The molecule has 176 valence electrons. The molecule has 0 spiro atoms. The fourth-order valence-corrected chi connectivity index (χ4v) is 3.52. The van der Waals surface area contributed by atoms with Gasteiger partial charge in [0.15, 0.2) is 23.4 Å². The summed E-state index contributed by atoms with van der Waals surface area (Å²) in [4.78, 5) is 13.3. The van der Waals surface area contributed by atoms with Gasteiger partial charge in [-0.2, -0.15) is 5.21 Å². The number of para-hydroxylation sites is 1. The average molecular weight is 462 g/mol. The van der Waals surface area contributed by atoms with Crippen molar-refractivity contribution in [3.63, 3.8) is 0 Å². The van der Waals surface area contributed by atoms with Crippen LogP contribution in [0.2, 0.25) is 0 Å². The van der Waals surface area contributed by atoms with Crippen molar-refractivity contribution >= 4 is 5.78 Å². The summed E-state index contributed by atoms with van der Waals surface area (Å²) >= 11 is 0. The molecule has 1 aliphatic heterocycles. The van der Waals surface area contributed by atoms with Crippen molar-refractivity contribution in [1.82, 2.24) is 20.6 Å². The SMILES string of the molecule is C=CCCC/C=C/COc1ccc(C(=O)c2cccc3c2OC(c2nn[nH]n2)C(N)CO3)cc1. The maximum absolute atomic E-state index is 13.3. The van der Waals surface area contributed by atoms with E-state index >= 15 is 0 Å². The molecule has 9 nitrogen and oxygen atoms in total. The first-order valence-corrected chi connectivity index (χ1v) is 11.1. The number of fused-ring (bicyclic) bond motifs is 1. The summed E-state index contributed by atoms with van der Waals surface area (Å²) in [5, 5.41) is 13.9. The Morgan fingerprint density at radius 1 is 1.21 bits per heavy atom. The third kappa shape index (κ3) is 5.49. The quantitative estimate of drug-likeness (QED) is 0.267. The molecule has 1 aliphatic rings. The fourth-order valence-electron chi connectivity index (χ4n) is 3.52. The Hall–Kier alpha value is -3.98. The monoisotopic (exact) mass is 461 g/mol. The number of ether oxygens (including phenoxy) is 3. The molecule has 4 rings (SSSR count). The summed E-state index contributed by atoms with van der Waals surface area (Å²) in [5.74, 6) is 1.50. The Balaban J connectivity index is 1.46. The summed E-state index contributed by atoms with van der Waals surface area (Å²) in [6, 6.07) is 11.6. The number of aromatic amines is 1. The third-order valence-corrected chi connectivity index (χ3v) is 5.31. The first-order chi connectivity index (χ1) is 16.7. The molecular formula is C25H27N5O4. The molecule has 0 amide bonds. The van der Waals surface area contributed by atoms with Gasteiger partial charge in [0.1, 0.15) is 19.0 Å². The van der Waals surface area contributed by atoms with Crippen LogP contribution in [0, 0.1) is 0 Å². The molecule has 2 atom stereocenters. The molecule has 3 N–H and O–H groups in total. The predicted molar refractivity (Wildman–Crippen MR) is 126 cm³/mol. The van der Waals surface area contributed by atoms with Crippen LogP contribution in [0.4, 0.5) is 0 Å². The summed E-state index contributed by atoms with van der Waals surface area (Å²) < 4.78 is 17.6. The second-order valence-corrected chi connectivity index (χ2v) is 7.77. The number of ketones is 1. The van der Waals surface area contributed by atoms with Crippen LogP contribution in [0.15, 0.2) is 67.3 Å². The van der Waals surface area contributed by atoms with Gasteiger partial charge in [-0.25, -0.2) is 0 Å². The highest BCUT2D eigenvalue weighted by molar-refractivity contribution is 6.11. The van der Waals surface area contributed by atoms with Gasteiger partial charge in [-0.15, -0.1) is 16.8 Å². The third-order valence-electron chi connectivity index (χ3n) is 5.31. The Morgan fingerprint density at radius 2 is 2.06 bits per heavy atom. The van der Waals surface area contributed by atoms with Crippen LogP contribution in [0.3, 0.4) is 0 Å². The van der Waals surface area contributed by atoms with Gasteiger partial charge in [0.05, 0.1) is 11.6 Å². The zero-order valence-corrected chi connectivity index (χ0v) is 18.7. The average Bonchev–Trinajstić information content (AvgIpc) is 3.34. The van der Waals surface area contributed by atoms with Gasteiger partial charge in [0.2, 0.25) is 5.82 Å². The van der Waals surface area contributed by atoms with E-state index in [0.717, 1.165) is 19.3 Å². The minimum atomic E-state index is -0.713. The van der Waals surface area contributed by atoms with Gasteiger partial charge >= 0.3 is 0 Å². The number of unbranched alkanes of at least 4 members (excludes halogenated alkanes) is 2. The molecule has 2 heterocycles. The molecule has 34 heavy (non-hydrogen) atoms. The second-order valence-electron chi connectivity index (χ2n) is 7.77. The van der Waals surface area contributed by atoms with Crippen LogP contribution in [0.25, 0.3) is 0 Å². The maximum Gasteiger partial charge on any atom is 0.216 e. The molecule has 0 bridgehead atoms. The number of carbonyl (C=O) groups excluding carboxylic acids is 1. The van der Waals surface area contributed by atoms with Gasteiger partial charge in [0.25, 0.3) is 0 Å². The zero-order chi connectivity index (χ0) is 23.8. The summed E-state index contributed by atoms with van der Waals surface area (Å²) in [5.41, 5.74) is 7.06. The number of nitrogens with one attached hydrogen (secondary N) is 1.